The van der Waals surface area contributed by atoms with Gasteiger partial charge in [0.25, 0.3) is 0 Å². The Kier molecular flexibility index (Phi) is 5.58. The van der Waals surface area contributed by atoms with E-state index in [1.807, 2.05) is 17.4 Å². The van der Waals surface area contributed by atoms with E-state index in [0.717, 1.165) is 6.29 Å². The lowest BCUT2D eigenvalue weighted by molar-refractivity contribution is -0.104. The van der Waals surface area contributed by atoms with E-state index in [9.17, 15) is 4.79 Å². The van der Waals surface area contributed by atoms with Gasteiger partial charge in [0.05, 0.1) is 0 Å². The molecule has 1 nitrogen and oxygen atoms in total. The summed E-state index contributed by atoms with van der Waals surface area (Å²) in [6.45, 7) is 8.81. The molecule has 1 saturated carbocycles. The van der Waals surface area contributed by atoms with Crippen molar-refractivity contribution < 1.29 is 4.79 Å². The van der Waals surface area contributed by atoms with Gasteiger partial charge in [-0.3, -0.25) is 4.79 Å². The maximum atomic E-state index is 10.8. The topological polar surface area (TPSA) is 17.1 Å². The highest BCUT2D eigenvalue weighted by Gasteiger charge is 2.26. The highest BCUT2D eigenvalue weighted by atomic mass is 32.1. The van der Waals surface area contributed by atoms with Crippen molar-refractivity contribution in [1.29, 1.82) is 0 Å². The summed E-state index contributed by atoms with van der Waals surface area (Å²) < 4.78 is 0. The molecule has 1 aliphatic carbocycles. The van der Waals surface area contributed by atoms with Crippen LogP contribution in [0.1, 0.15) is 86.1 Å². The molecule has 0 atom stereocenters. The molecule has 1 heterocycles. The quantitative estimate of drug-likeness (QED) is 0.470. The van der Waals surface area contributed by atoms with E-state index in [2.05, 4.69) is 33.8 Å². The Balaban J connectivity index is 2.61. The largest absolute Gasteiger partial charge is 0.299 e. The number of allylic oxidation sites excluding steroid dienone is 2. The van der Waals surface area contributed by atoms with Gasteiger partial charge in [-0.05, 0) is 61.8 Å². The molecule has 1 fully saturated rings. The highest BCUT2D eigenvalue weighted by molar-refractivity contribution is 7.13. The zero-order chi connectivity index (χ0) is 15.4. The third kappa shape index (κ3) is 3.74. The molecular formula is C19H26OS. The van der Waals surface area contributed by atoms with Crippen LogP contribution in [0.25, 0.3) is 12.2 Å². The maximum absolute atomic E-state index is 10.8. The second-order valence-corrected chi connectivity index (χ2v) is 7.59. The summed E-state index contributed by atoms with van der Waals surface area (Å²) in [6, 6.07) is 0. The minimum atomic E-state index is 0.501. The Bertz CT molecular complexity index is 550. The van der Waals surface area contributed by atoms with E-state index in [0.29, 0.717) is 11.8 Å². The van der Waals surface area contributed by atoms with E-state index >= 15 is 0 Å². The molecule has 2 rings (SSSR count). The van der Waals surface area contributed by atoms with Crippen molar-refractivity contribution in [3.8, 4) is 0 Å². The van der Waals surface area contributed by atoms with E-state index in [1.54, 1.807) is 6.08 Å². The summed E-state index contributed by atoms with van der Waals surface area (Å²) >= 11 is 1.92. The number of rotatable bonds is 5. The summed E-state index contributed by atoms with van der Waals surface area (Å²) in [6.07, 6.45) is 12.2. The van der Waals surface area contributed by atoms with E-state index in [4.69, 9.17) is 0 Å². The van der Waals surface area contributed by atoms with E-state index in [1.165, 1.54) is 52.1 Å². The van der Waals surface area contributed by atoms with Gasteiger partial charge in [-0.15, -0.1) is 11.3 Å². The van der Waals surface area contributed by atoms with Crippen LogP contribution in [0.15, 0.2) is 11.6 Å². The lowest BCUT2D eigenvalue weighted by Crippen LogP contribution is -1.97. The highest BCUT2D eigenvalue weighted by Crippen LogP contribution is 2.45. The van der Waals surface area contributed by atoms with E-state index in [-0.39, 0.29) is 0 Å². The number of thiophene rings is 1. The van der Waals surface area contributed by atoms with Crippen molar-refractivity contribution in [3.63, 3.8) is 0 Å². The van der Waals surface area contributed by atoms with Gasteiger partial charge in [0.2, 0.25) is 0 Å². The molecule has 21 heavy (non-hydrogen) atoms. The zero-order valence-corrected chi connectivity index (χ0v) is 14.4. The van der Waals surface area contributed by atoms with Crippen molar-refractivity contribution in [1.82, 2.24) is 0 Å². The fraction of sp³-hybridized carbons (Fsp3) is 0.526. The Labute approximate surface area is 132 Å². The number of hydrogen-bond donors (Lipinski definition) is 0. The van der Waals surface area contributed by atoms with Gasteiger partial charge in [0.15, 0.2) is 0 Å². The maximum Gasteiger partial charge on any atom is 0.142 e. The third-order valence-corrected chi connectivity index (χ3v) is 5.56. The average molecular weight is 302 g/mol. The fourth-order valence-corrected chi connectivity index (χ4v) is 4.68. The fourth-order valence-electron chi connectivity index (χ4n) is 3.24. The third-order valence-electron chi connectivity index (χ3n) is 4.09. The minimum Gasteiger partial charge on any atom is -0.299 e. The lowest BCUT2D eigenvalue weighted by Gasteiger charge is -2.13. The predicted octanol–water partition coefficient (Wildman–Crippen LogP) is 6.16. The van der Waals surface area contributed by atoms with Crippen LogP contribution in [0.3, 0.4) is 0 Å². The van der Waals surface area contributed by atoms with Gasteiger partial charge < -0.3 is 0 Å². The molecule has 1 aromatic heterocycles. The number of carbonyl (C=O) groups excluding carboxylic acids is 1. The Morgan fingerprint density at radius 1 is 1.24 bits per heavy atom. The molecule has 0 amide bonds. The zero-order valence-electron chi connectivity index (χ0n) is 13.6. The molecule has 2 heteroatoms. The second kappa shape index (κ2) is 7.22. The predicted molar refractivity (Wildman–Crippen MR) is 94.0 cm³/mol. The molecule has 0 aliphatic heterocycles. The standard InChI is InChI=1S/C19H26OS/c1-13(2)12-17-18(15-8-5-6-9-15)16(10-7-11-20)19(21-17)14(3)4/h7,10-12,14-15H,5-6,8-9H2,1-4H3/b10-7+. The summed E-state index contributed by atoms with van der Waals surface area (Å²) in [5, 5.41) is 0. The van der Waals surface area contributed by atoms with Crippen molar-refractivity contribution >= 4 is 29.8 Å². The normalized spacial score (nSPS) is 16.0. The molecule has 0 N–H and O–H groups in total. The van der Waals surface area contributed by atoms with Crippen molar-refractivity contribution in [2.45, 2.75) is 65.2 Å². The van der Waals surface area contributed by atoms with Crippen LogP contribution in [0.2, 0.25) is 0 Å². The average Bonchev–Trinajstić information content (AvgIpc) is 3.02. The Morgan fingerprint density at radius 2 is 1.90 bits per heavy atom. The SMILES string of the molecule is CC(C)=Cc1sc(C(C)C)c(/C=C/C=O)c1C1CCCC1. The molecule has 0 saturated heterocycles. The van der Waals surface area contributed by atoms with Crippen molar-refractivity contribution in [2.24, 2.45) is 0 Å². The molecule has 0 aromatic carbocycles. The summed E-state index contributed by atoms with van der Waals surface area (Å²) in [7, 11) is 0. The van der Waals surface area contributed by atoms with Crippen LogP contribution in [0.5, 0.6) is 0 Å². The van der Waals surface area contributed by atoms with Gasteiger partial charge in [-0.2, -0.15) is 0 Å². The second-order valence-electron chi connectivity index (χ2n) is 6.51. The first kappa shape index (κ1) is 16.2. The van der Waals surface area contributed by atoms with Gasteiger partial charge in [0.1, 0.15) is 6.29 Å². The Morgan fingerprint density at radius 3 is 2.43 bits per heavy atom. The Hall–Kier alpha value is -1.15. The van der Waals surface area contributed by atoms with Crippen LogP contribution in [-0.4, -0.2) is 6.29 Å². The number of carbonyl (C=O) groups is 1. The van der Waals surface area contributed by atoms with Crippen LogP contribution in [0, 0.1) is 0 Å². The molecule has 1 aromatic rings. The van der Waals surface area contributed by atoms with Crippen LogP contribution < -0.4 is 0 Å². The molecule has 1 aliphatic rings. The van der Waals surface area contributed by atoms with Gasteiger partial charge in [0, 0.05) is 9.75 Å². The van der Waals surface area contributed by atoms with Crippen molar-refractivity contribution in [2.75, 3.05) is 0 Å². The molecule has 0 radical (unpaired) electrons. The molecule has 0 bridgehead atoms. The summed E-state index contributed by atoms with van der Waals surface area (Å²) in [5.74, 6) is 1.17. The van der Waals surface area contributed by atoms with Gasteiger partial charge in [-0.25, -0.2) is 0 Å². The smallest absolute Gasteiger partial charge is 0.142 e. The van der Waals surface area contributed by atoms with Gasteiger partial charge in [-0.1, -0.05) is 38.3 Å². The monoisotopic (exact) mass is 302 g/mol. The molecule has 114 valence electrons. The minimum absolute atomic E-state index is 0.501. The van der Waals surface area contributed by atoms with Crippen LogP contribution in [-0.2, 0) is 4.79 Å². The molecular weight excluding hydrogens is 276 g/mol. The summed E-state index contributed by atoms with van der Waals surface area (Å²) in [4.78, 5) is 13.6. The molecule has 0 unspecified atom stereocenters. The van der Waals surface area contributed by atoms with Gasteiger partial charge >= 0.3 is 0 Å². The van der Waals surface area contributed by atoms with E-state index < -0.39 is 0 Å². The lowest BCUT2D eigenvalue weighted by atomic mass is 9.90. The van der Waals surface area contributed by atoms with Crippen molar-refractivity contribution in [3.05, 3.63) is 32.5 Å². The first-order valence-corrected chi connectivity index (χ1v) is 8.79. The first-order valence-electron chi connectivity index (χ1n) is 7.98. The van der Waals surface area contributed by atoms with Crippen LogP contribution >= 0.6 is 11.3 Å². The summed E-state index contributed by atoms with van der Waals surface area (Å²) in [5.41, 5.74) is 4.17. The number of aldehydes is 1. The first-order chi connectivity index (χ1) is 10.0. The van der Waals surface area contributed by atoms with Crippen LogP contribution in [0.4, 0.5) is 0 Å². The molecule has 0 spiro atoms. The number of hydrogen-bond acceptors (Lipinski definition) is 2.